The second-order valence-electron chi connectivity index (χ2n) is 4.45. The normalized spacial score (nSPS) is 14.0. The topological polar surface area (TPSA) is 26.0 Å². The summed E-state index contributed by atoms with van der Waals surface area (Å²) >= 11 is 0. The molecule has 0 aliphatic carbocycles. The zero-order valence-electron chi connectivity index (χ0n) is 9.67. The Labute approximate surface area is 101 Å². The first-order valence-corrected chi connectivity index (χ1v) is 5.13. The first kappa shape index (κ1) is 17.5. The molecule has 0 saturated heterocycles. The first-order valence-electron chi connectivity index (χ1n) is 5.13. The van der Waals surface area contributed by atoms with Crippen LogP contribution < -0.4 is 5.73 Å². The summed E-state index contributed by atoms with van der Waals surface area (Å²) in [7, 11) is 0. The van der Waals surface area contributed by atoms with Crippen molar-refractivity contribution in [1.82, 2.24) is 0 Å². The largest absolute Gasteiger partial charge is 0.320 e. The zero-order chi connectivity index (χ0) is 14.4. The summed E-state index contributed by atoms with van der Waals surface area (Å²) in [6.07, 6.45) is 0. The van der Waals surface area contributed by atoms with Gasteiger partial charge in [0, 0.05) is 0 Å². The SMILES string of the molecule is NC(CF)(CF)C(CF)(CF)C(CF)(CF)CF. The molecule has 0 heterocycles. The van der Waals surface area contributed by atoms with Gasteiger partial charge in [0.15, 0.2) is 0 Å². The second kappa shape index (κ2) is 6.58. The maximum atomic E-state index is 13.1. The first-order chi connectivity index (χ1) is 8.42. The lowest BCUT2D eigenvalue weighted by Gasteiger charge is -2.51. The van der Waals surface area contributed by atoms with E-state index in [1.54, 1.807) is 0 Å². The number of nitrogens with two attached hydrogens (primary N) is 1. The van der Waals surface area contributed by atoms with Crippen molar-refractivity contribution in [3.8, 4) is 0 Å². The lowest BCUT2D eigenvalue weighted by molar-refractivity contribution is -0.122. The molecule has 0 aromatic heterocycles. The highest BCUT2D eigenvalue weighted by Gasteiger charge is 2.63. The van der Waals surface area contributed by atoms with Crippen LogP contribution in [0.5, 0.6) is 0 Å². The van der Waals surface area contributed by atoms with Gasteiger partial charge in [0.2, 0.25) is 0 Å². The monoisotopic (exact) mass is 283 g/mol. The Kier molecular flexibility index (Phi) is 6.39. The minimum absolute atomic E-state index is 1.76. The summed E-state index contributed by atoms with van der Waals surface area (Å²) in [4.78, 5) is 0. The van der Waals surface area contributed by atoms with Crippen LogP contribution in [-0.4, -0.2) is 52.3 Å². The van der Waals surface area contributed by atoms with Gasteiger partial charge in [-0.25, -0.2) is 8.78 Å². The van der Waals surface area contributed by atoms with Crippen LogP contribution in [-0.2, 0) is 0 Å². The fraction of sp³-hybridized carbons (Fsp3) is 1.00. The molecule has 2 N–H and O–H groups in total. The van der Waals surface area contributed by atoms with Crippen LogP contribution in [0.4, 0.5) is 30.7 Å². The molecule has 0 aromatic rings. The smallest absolute Gasteiger partial charge is 0.111 e. The van der Waals surface area contributed by atoms with Gasteiger partial charge in [-0.3, -0.25) is 22.0 Å². The summed E-state index contributed by atoms with van der Waals surface area (Å²) in [6.45, 7) is -12.7. The van der Waals surface area contributed by atoms with Gasteiger partial charge in [-0.05, 0) is 0 Å². The molecule has 0 radical (unpaired) electrons. The van der Waals surface area contributed by atoms with Crippen LogP contribution in [0, 0.1) is 10.8 Å². The number of hydrogen-bond donors (Lipinski definition) is 1. The van der Waals surface area contributed by atoms with E-state index in [1.807, 2.05) is 0 Å². The van der Waals surface area contributed by atoms with Gasteiger partial charge in [0.1, 0.15) is 46.7 Å². The molecule has 0 aliphatic heterocycles. The average Bonchev–Trinajstić information content (AvgIpc) is 2.44. The third-order valence-electron chi connectivity index (χ3n) is 3.67. The Hall–Kier alpha value is -0.530. The summed E-state index contributed by atoms with van der Waals surface area (Å²) in [5, 5.41) is 0. The van der Waals surface area contributed by atoms with Crippen molar-refractivity contribution in [1.29, 1.82) is 0 Å². The third kappa shape index (κ3) is 2.19. The molecule has 0 fully saturated rings. The molecular formula is C10H16F7N. The Balaban J connectivity index is 5.91. The molecule has 0 saturated carbocycles. The van der Waals surface area contributed by atoms with Gasteiger partial charge in [0.25, 0.3) is 0 Å². The Morgan fingerprint density at radius 1 is 0.556 bits per heavy atom. The van der Waals surface area contributed by atoms with E-state index in [2.05, 4.69) is 0 Å². The highest BCUT2D eigenvalue weighted by Crippen LogP contribution is 2.49. The van der Waals surface area contributed by atoms with Gasteiger partial charge in [0.05, 0.1) is 16.4 Å². The predicted octanol–water partition coefficient (Wildman–Crippen LogP) is 2.44. The summed E-state index contributed by atoms with van der Waals surface area (Å²) in [5.41, 5.74) is -3.40. The van der Waals surface area contributed by atoms with Gasteiger partial charge in [-0.1, -0.05) is 0 Å². The van der Waals surface area contributed by atoms with E-state index in [0.717, 1.165) is 0 Å². The Morgan fingerprint density at radius 3 is 1.06 bits per heavy atom. The van der Waals surface area contributed by atoms with Crippen molar-refractivity contribution >= 4 is 0 Å². The van der Waals surface area contributed by atoms with Gasteiger partial charge in [-0.2, -0.15) is 0 Å². The van der Waals surface area contributed by atoms with E-state index >= 15 is 0 Å². The molecule has 0 atom stereocenters. The molecule has 110 valence electrons. The summed E-state index contributed by atoms with van der Waals surface area (Å²) in [5.74, 6) is 0. The number of rotatable bonds is 9. The molecule has 0 bridgehead atoms. The lowest BCUT2D eigenvalue weighted by atomic mass is 9.57. The highest BCUT2D eigenvalue weighted by atomic mass is 19.2. The number of alkyl halides is 7. The van der Waals surface area contributed by atoms with Crippen molar-refractivity contribution in [3.05, 3.63) is 0 Å². The zero-order valence-corrected chi connectivity index (χ0v) is 9.67. The molecule has 0 spiro atoms. The molecule has 8 heteroatoms. The van der Waals surface area contributed by atoms with E-state index in [9.17, 15) is 30.7 Å². The van der Waals surface area contributed by atoms with Crippen molar-refractivity contribution in [2.75, 3.05) is 46.7 Å². The molecule has 18 heavy (non-hydrogen) atoms. The van der Waals surface area contributed by atoms with Crippen LogP contribution in [0.3, 0.4) is 0 Å². The highest BCUT2D eigenvalue weighted by molar-refractivity contribution is 5.12. The second-order valence-corrected chi connectivity index (χ2v) is 4.45. The van der Waals surface area contributed by atoms with Crippen molar-refractivity contribution in [2.45, 2.75) is 5.54 Å². The minimum Gasteiger partial charge on any atom is -0.320 e. The summed E-state index contributed by atoms with van der Waals surface area (Å²) in [6, 6.07) is 0. The average molecular weight is 283 g/mol. The van der Waals surface area contributed by atoms with Crippen LogP contribution in [0.15, 0.2) is 0 Å². The molecule has 0 aromatic carbocycles. The van der Waals surface area contributed by atoms with Crippen LogP contribution in [0.1, 0.15) is 0 Å². The maximum absolute atomic E-state index is 13.1. The van der Waals surface area contributed by atoms with E-state index < -0.39 is 63.1 Å². The van der Waals surface area contributed by atoms with Gasteiger partial charge < -0.3 is 5.73 Å². The predicted molar refractivity (Wildman–Crippen MR) is 53.6 cm³/mol. The Bertz CT molecular complexity index is 228. The van der Waals surface area contributed by atoms with Gasteiger partial charge in [-0.15, -0.1) is 0 Å². The molecule has 1 nitrogen and oxygen atoms in total. The molecule has 0 unspecified atom stereocenters. The van der Waals surface area contributed by atoms with Crippen molar-refractivity contribution in [2.24, 2.45) is 16.6 Å². The maximum Gasteiger partial charge on any atom is 0.111 e. The van der Waals surface area contributed by atoms with Crippen LogP contribution in [0.2, 0.25) is 0 Å². The van der Waals surface area contributed by atoms with Crippen LogP contribution >= 0.6 is 0 Å². The molecule has 0 amide bonds. The molecular weight excluding hydrogens is 267 g/mol. The van der Waals surface area contributed by atoms with E-state index in [-0.39, 0.29) is 0 Å². The van der Waals surface area contributed by atoms with E-state index in [0.29, 0.717) is 0 Å². The Morgan fingerprint density at radius 2 is 0.889 bits per heavy atom. The fourth-order valence-corrected chi connectivity index (χ4v) is 1.90. The van der Waals surface area contributed by atoms with Gasteiger partial charge >= 0.3 is 0 Å². The number of halogens is 7. The fourth-order valence-electron chi connectivity index (χ4n) is 1.90. The lowest BCUT2D eigenvalue weighted by Crippen LogP contribution is -2.70. The summed E-state index contributed by atoms with van der Waals surface area (Å²) < 4.78 is 90.4. The van der Waals surface area contributed by atoms with Crippen molar-refractivity contribution in [3.63, 3.8) is 0 Å². The van der Waals surface area contributed by atoms with Crippen LogP contribution in [0.25, 0.3) is 0 Å². The third-order valence-corrected chi connectivity index (χ3v) is 3.67. The quantitative estimate of drug-likeness (QED) is 0.646. The minimum atomic E-state index is -2.93. The molecule has 0 aliphatic rings. The van der Waals surface area contributed by atoms with Crippen molar-refractivity contribution < 1.29 is 30.7 Å². The standard InChI is InChI=1S/C10H16F7N/c11-1-8(2-12,3-13)9(4-14,5-15)10(18,6-16)7-17/h1-7,18H2. The number of hydrogen-bond acceptors (Lipinski definition) is 1. The van der Waals surface area contributed by atoms with E-state index in [1.165, 1.54) is 0 Å². The van der Waals surface area contributed by atoms with E-state index in [4.69, 9.17) is 5.73 Å². The molecule has 0 rings (SSSR count).